The Balaban J connectivity index is 2.20. The maximum absolute atomic E-state index is 12.1. The van der Waals surface area contributed by atoms with Gasteiger partial charge in [0, 0.05) is 47.6 Å². The van der Waals surface area contributed by atoms with Crippen LogP contribution in [0.2, 0.25) is 0 Å². The number of pyridine rings is 1. The van der Waals surface area contributed by atoms with E-state index in [-0.39, 0.29) is 5.91 Å². The number of rotatable bonds is 1. The molecule has 0 spiro atoms. The number of nitrogens with one attached hydrogen (secondary N) is 1. The molecule has 104 valence electrons. The standard InChI is InChI=1S/C15H18N4O/c1-15(2)14(20)18-7-8-19(15)13-4-3-12(16)11-9-17-6-5-10(11)13/h3-6,9H,7-8,16H2,1-2H3,(H,18,20). The van der Waals surface area contributed by atoms with Crippen LogP contribution in [-0.4, -0.2) is 29.5 Å². The van der Waals surface area contributed by atoms with Crippen molar-refractivity contribution in [2.24, 2.45) is 0 Å². The number of nitrogens with two attached hydrogens (primary N) is 1. The minimum absolute atomic E-state index is 0.0442. The second-order valence-electron chi connectivity index (χ2n) is 5.56. The SMILES string of the molecule is CC1(C)C(=O)NCCN1c1ccc(N)c2cnccc12. The molecular weight excluding hydrogens is 252 g/mol. The Morgan fingerprint density at radius 2 is 2.10 bits per heavy atom. The molecule has 1 aromatic carbocycles. The molecule has 3 N–H and O–H groups in total. The normalized spacial score (nSPS) is 18.1. The van der Waals surface area contributed by atoms with Crippen LogP contribution in [0.15, 0.2) is 30.6 Å². The number of nitrogen functional groups attached to an aromatic ring is 1. The Morgan fingerprint density at radius 3 is 2.90 bits per heavy atom. The fourth-order valence-electron chi connectivity index (χ4n) is 2.75. The van der Waals surface area contributed by atoms with E-state index in [2.05, 4.69) is 15.2 Å². The molecule has 1 saturated heterocycles. The number of hydrogen-bond donors (Lipinski definition) is 2. The van der Waals surface area contributed by atoms with Gasteiger partial charge in [-0.05, 0) is 32.0 Å². The molecule has 1 aliphatic rings. The molecule has 1 aromatic heterocycles. The molecule has 0 unspecified atom stereocenters. The monoisotopic (exact) mass is 270 g/mol. The van der Waals surface area contributed by atoms with Crippen LogP contribution in [0.3, 0.4) is 0 Å². The minimum Gasteiger partial charge on any atom is -0.398 e. The van der Waals surface area contributed by atoms with Gasteiger partial charge in [0.25, 0.3) is 0 Å². The van der Waals surface area contributed by atoms with E-state index in [0.29, 0.717) is 12.2 Å². The van der Waals surface area contributed by atoms with Gasteiger partial charge >= 0.3 is 0 Å². The largest absolute Gasteiger partial charge is 0.398 e. The van der Waals surface area contributed by atoms with Gasteiger partial charge in [-0.25, -0.2) is 0 Å². The highest BCUT2D eigenvalue weighted by Gasteiger charge is 2.38. The molecule has 1 fully saturated rings. The quantitative estimate of drug-likeness (QED) is 0.771. The summed E-state index contributed by atoms with van der Waals surface area (Å²) in [7, 11) is 0. The summed E-state index contributed by atoms with van der Waals surface area (Å²) in [6, 6.07) is 5.81. The van der Waals surface area contributed by atoms with E-state index in [9.17, 15) is 4.79 Å². The Kier molecular flexibility index (Phi) is 2.78. The number of anilines is 2. The van der Waals surface area contributed by atoms with Crippen molar-refractivity contribution in [1.82, 2.24) is 10.3 Å². The number of aromatic nitrogens is 1. The van der Waals surface area contributed by atoms with Crippen molar-refractivity contribution in [2.45, 2.75) is 19.4 Å². The molecule has 5 heteroatoms. The van der Waals surface area contributed by atoms with Crippen LogP contribution in [0.5, 0.6) is 0 Å². The van der Waals surface area contributed by atoms with Gasteiger partial charge in [0.2, 0.25) is 5.91 Å². The summed E-state index contributed by atoms with van der Waals surface area (Å²) in [5.74, 6) is 0.0442. The summed E-state index contributed by atoms with van der Waals surface area (Å²) in [6.45, 7) is 5.30. The third-order valence-corrected chi connectivity index (χ3v) is 3.97. The lowest BCUT2D eigenvalue weighted by atomic mass is 9.96. The van der Waals surface area contributed by atoms with Crippen molar-refractivity contribution in [1.29, 1.82) is 0 Å². The van der Waals surface area contributed by atoms with Crippen molar-refractivity contribution >= 4 is 28.1 Å². The Morgan fingerprint density at radius 1 is 1.30 bits per heavy atom. The molecule has 0 atom stereocenters. The number of carbonyl (C=O) groups is 1. The van der Waals surface area contributed by atoms with Gasteiger partial charge in [-0.2, -0.15) is 0 Å². The van der Waals surface area contributed by atoms with Crippen molar-refractivity contribution < 1.29 is 4.79 Å². The summed E-state index contributed by atoms with van der Waals surface area (Å²) in [5, 5.41) is 4.87. The summed E-state index contributed by atoms with van der Waals surface area (Å²) in [6.07, 6.45) is 3.52. The van der Waals surface area contributed by atoms with Crippen molar-refractivity contribution in [3.05, 3.63) is 30.6 Å². The van der Waals surface area contributed by atoms with Crippen molar-refractivity contribution in [3.63, 3.8) is 0 Å². The second kappa shape index (κ2) is 4.37. The highest BCUT2D eigenvalue weighted by atomic mass is 16.2. The molecule has 5 nitrogen and oxygen atoms in total. The van der Waals surface area contributed by atoms with Gasteiger partial charge in [0.15, 0.2) is 0 Å². The highest BCUT2D eigenvalue weighted by molar-refractivity contribution is 6.03. The minimum atomic E-state index is -0.579. The number of benzene rings is 1. The lowest BCUT2D eigenvalue weighted by Crippen LogP contribution is -2.62. The first-order valence-electron chi connectivity index (χ1n) is 6.70. The lowest BCUT2D eigenvalue weighted by molar-refractivity contribution is -0.126. The van der Waals surface area contributed by atoms with Gasteiger partial charge in [-0.1, -0.05) is 0 Å². The Hall–Kier alpha value is -2.30. The first-order chi connectivity index (χ1) is 9.51. The zero-order valence-corrected chi connectivity index (χ0v) is 11.7. The smallest absolute Gasteiger partial charge is 0.245 e. The van der Waals surface area contributed by atoms with Crippen LogP contribution in [-0.2, 0) is 4.79 Å². The average Bonchev–Trinajstić information content (AvgIpc) is 2.43. The lowest BCUT2D eigenvalue weighted by Gasteiger charge is -2.43. The van der Waals surface area contributed by atoms with Crippen LogP contribution in [0, 0.1) is 0 Å². The maximum Gasteiger partial charge on any atom is 0.245 e. The third-order valence-electron chi connectivity index (χ3n) is 3.97. The zero-order chi connectivity index (χ0) is 14.3. The summed E-state index contributed by atoms with van der Waals surface area (Å²) >= 11 is 0. The number of fused-ring (bicyclic) bond motifs is 1. The van der Waals surface area contributed by atoms with Crippen molar-refractivity contribution in [3.8, 4) is 0 Å². The molecule has 2 aromatic rings. The van der Waals surface area contributed by atoms with Gasteiger partial charge in [-0.3, -0.25) is 9.78 Å². The topological polar surface area (TPSA) is 71.2 Å². The molecule has 3 rings (SSSR count). The van der Waals surface area contributed by atoms with E-state index in [0.717, 1.165) is 23.0 Å². The second-order valence-corrected chi connectivity index (χ2v) is 5.56. The van der Waals surface area contributed by atoms with E-state index < -0.39 is 5.54 Å². The number of carbonyl (C=O) groups excluding carboxylic acids is 1. The van der Waals surface area contributed by atoms with Gasteiger partial charge < -0.3 is 16.0 Å². The molecule has 1 aliphatic heterocycles. The maximum atomic E-state index is 12.1. The Bertz CT molecular complexity index is 681. The number of nitrogens with zero attached hydrogens (tertiary/aromatic N) is 2. The van der Waals surface area contributed by atoms with E-state index in [4.69, 9.17) is 5.73 Å². The fourth-order valence-corrected chi connectivity index (χ4v) is 2.75. The van der Waals surface area contributed by atoms with Crippen LogP contribution in [0.4, 0.5) is 11.4 Å². The van der Waals surface area contributed by atoms with Crippen LogP contribution >= 0.6 is 0 Å². The molecule has 0 bridgehead atoms. The molecule has 1 amide bonds. The molecule has 0 saturated carbocycles. The summed E-state index contributed by atoms with van der Waals surface area (Å²) in [5.41, 5.74) is 7.16. The molecular formula is C15H18N4O. The first kappa shape index (κ1) is 12.7. The van der Waals surface area contributed by atoms with Crippen molar-refractivity contribution in [2.75, 3.05) is 23.7 Å². The van der Waals surface area contributed by atoms with E-state index in [1.165, 1.54) is 0 Å². The van der Waals surface area contributed by atoms with Gasteiger partial charge in [0.1, 0.15) is 5.54 Å². The predicted octanol–water partition coefficient (Wildman–Crippen LogP) is 1.53. The van der Waals surface area contributed by atoms with Crippen LogP contribution in [0.25, 0.3) is 10.8 Å². The Labute approximate surface area is 117 Å². The van der Waals surface area contributed by atoms with Crippen LogP contribution < -0.4 is 16.0 Å². The number of hydrogen-bond acceptors (Lipinski definition) is 4. The molecule has 0 aliphatic carbocycles. The van der Waals surface area contributed by atoms with E-state index in [1.54, 1.807) is 12.4 Å². The predicted molar refractivity (Wildman–Crippen MR) is 80.6 cm³/mol. The first-order valence-corrected chi connectivity index (χ1v) is 6.70. The highest BCUT2D eigenvalue weighted by Crippen LogP contribution is 2.34. The summed E-state index contributed by atoms with van der Waals surface area (Å²) in [4.78, 5) is 18.4. The van der Waals surface area contributed by atoms with E-state index >= 15 is 0 Å². The van der Waals surface area contributed by atoms with E-state index in [1.807, 2.05) is 32.0 Å². The van der Waals surface area contributed by atoms with Gasteiger partial charge in [-0.15, -0.1) is 0 Å². The third kappa shape index (κ3) is 1.78. The van der Waals surface area contributed by atoms with Crippen LogP contribution in [0.1, 0.15) is 13.8 Å². The molecule has 2 heterocycles. The zero-order valence-electron chi connectivity index (χ0n) is 11.7. The number of amides is 1. The van der Waals surface area contributed by atoms with Gasteiger partial charge in [0.05, 0.1) is 0 Å². The summed E-state index contributed by atoms with van der Waals surface area (Å²) < 4.78 is 0. The molecule has 0 radical (unpaired) electrons. The average molecular weight is 270 g/mol. The fraction of sp³-hybridized carbons (Fsp3) is 0.333. The number of piperazine rings is 1. The molecule has 20 heavy (non-hydrogen) atoms.